The zero-order chi connectivity index (χ0) is 32.9. The van der Waals surface area contributed by atoms with Crippen LogP contribution in [0.15, 0.2) is 76.7 Å². The normalized spacial score (nSPS) is 15.1. The summed E-state index contributed by atoms with van der Waals surface area (Å²) in [5.74, 6) is -0.679. The molecule has 0 fully saturated rings. The number of hydrogen-bond donors (Lipinski definition) is 0. The molecule has 2 heterocycles. The number of fused-ring (bicyclic) bond motifs is 6. The van der Waals surface area contributed by atoms with Gasteiger partial charge in [-0.25, -0.2) is 16.8 Å². The molecular weight excluding hydrogens is 686 g/mol. The molecule has 0 saturated carbocycles. The SMILES string of the molecule is O=S(=O)([O-])CCCN1/C(=C/c2sc3ccc4c5ccccc5ccc4c3[n+]2CCCOS(=O)(=O)[O-])Sc2ccc(C(F)(F)F)cc21. The maximum absolute atomic E-state index is 13.6. The summed E-state index contributed by atoms with van der Waals surface area (Å²) in [6, 6.07) is 19.2. The van der Waals surface area contributed by atoms with E-state index in [1.165, 1.54) is 29.2 Å². The highest BCUT2D eigenvalue weighted by atomic mass is 32.3. The highest BCUT2D eigenvalue weighted by Crippen LogP contribution is 2.49. The number of nitrogens with zero attached hydrogens (tertiary/aromatic N) is 2. The first-order chi connectivity index (χ1) is 21.7. The lowest BCUT2D eigenvalue weighted by Gasteiger charge is -2.21. The van der Waals surface area contributed by atoms with Crippen molar-refractivity contribution in [2.75, 3.05) is 23.8 Å². The molecule has 0 spiro atoms. The highest BCUT2D eigenvalue weighted by molar-refractivity contribution is 8.04. The van der Waals surface area contributed by atoms with Crippen molar-refractivity contribution in [2.45, 2.75) is 30.5 Å². The second-order valence-electron chi connectivity index (χ2n) is 10.5. The van der Waals surface area contributed by atoms with Gasteiger partial charge in [-0.15, -0.1) is 0 Å². The van der Waals surface area contributed by atoms with Crippen molar-refractivity contribution >= 4 is 87.1 Å². The summed E-state index contributed by atoms with van der Waals surface area (Å²) < 4.78 is 115. The lowest BCUT2D eigenvalue weighted by molar-refractivity contribution is -0.668. The Kier molecular flexibility index (Phi) is 8.82. The predicted octanol–water partition coefficient (Wildman–Crippen LogP) is 6.23. The maximum atomic E-state index is 13.6. The maximum Gasteiger partial charge on any atom is 0.416 e. The zero-order valence-electron chi connectivity index (χ0n) is 23.7. The first kappa shape index (κ1) is 32.7. The number of anilines is 1. The van der Waals surface area contributed by atoms with Gasteiger partial charge in [0.05, 0.1) is 44.5 Å². The Balaban J connectivity index is 1.48. The number of thiazole rings is 1. The fourth-order valence-electron chi connectivity index (χ4n) is 5.52. The molecule has 9 nitrogen and oxygen atoms in total. The Morgan fingerprint density at radius 2 is 1.67 bits per heavy atom. The second-order valence-corrected chi connectivity index (χ2v) is 15.2. The van der Waals surface area contributed by atoms with Gasteiger partial charge in [0.1, 0.15) is 4.70 Å². The van der Waals surface area contributed by atoms with E-state index in [-0.39, 0.29) is 38.2 Å². The summed E-state index contributed by atoms with van der Waals surface area (Å²) in [6.07, 6.45) is -2.77. The van der Waals surface area contributed by atoms with Crippen molar-refractivity contribution in [3.63, 3.8) is 0 Å². The van der Waals surface area contributed by atoms with E-state index < -0.39 is 38.0 Å². The molecule has 0 N–H and O–H groups in total. The smallest absolute Gasteiger partial charge is 0.416 e. The Morgan fingerprint density at radius 1 is 0.913 bits per heavy atom. The summed E-state index contributed by atoms with van der Waals surface area (Å²) in [7, 11) is -9.44. The minimum absolute atomic E-state index is 0.0242. The van der Waals surface area contributed by atoms with Crippen molar-refractivity contribution in [3.05, 3.63) is 82.3 Å². The average Bonchev–Trinajstić information content (AvgIpc) is 3.50. The molecule has 4 aromatic carbocycles. The highest BCUT2D eigenvalue weighted by Gasteiger charge is 2.35. The molecule has 0 atom stereocenters. The van der Waals surface area contributed by atoms with Gasteiger partial charge in [-0.1, -0.05) is 59.5 Å². The van der Waals surface area contributed by atoms with Gasteiger partial charge in [0.15, 0.2) is 6.54 Å². The first-order valence-corrected chi connectivity index (χ1v) is 18.4. The molecule has 0 radical (unpaired) electrons. The average molecular weight is 710 g/mol. The Bertz CT molecular complexity index is 2230. The van der Waals surface area contributed by atoms with Gasteiger partial charge >= 0.3 is 6.18 Å². The molecule has 46 heavy (non-hydrogen) atoms. The second kappa shape index (κ2) is 12.4. The lowest BCUT2D eigenvalue weighted by Crippen LogP contribution is -2.36. The van der Waals surface area contributed by atoms with Crippen LogP contribution in [0.1, 0.15) is 23.4 Å². The van der Waals surface area contributed by atoms with E-state index in [0.29, 0.717) is 14.9 Å². The van der Waals surface area contributed by atoms with Gasteiger partial charge < -0.3 is 14.0 Å². The van der Waals surface area contributed by atoms with Crippen LogP contribution < -0.4 is 9.47 Å². The Labute approximate surface area is 270 Å². The number of halogens is 3. The topological polar surface area (TPSA) is 131 Å². The standard InChI is InChI=1S/C30H25F3N2O7S4/c31-30(32,33)20-8-11-25-24(17-20)34(14-4-16-45(36,37)38)27(43-25)18-28-35(13-3-15-42-46(39,40)41)29-23-9-7-19-5-1-2-6-21(19)22(23)10-12-26(29)44-28/h1-2,5-12,17-18H,3-4,13-16H2,(H-,36,37,38,39,40,41)/p-1. The summed E-state index contributed by atoms with van der Waals surface area (Å²) >= 11 is 2.62. The summed E-state index contributed by atoms with van der Waals surface area (Å²) in [5, 5.41) is 5.17. The Hall–Kier alpha value is -3.25. The van der Waals surface area contributed by atoms with Crippen LogP contribution in [0.4, 0.5) is 18.9 Å². The number of alkyl halides is 3. The summed E-state index contributed by atoms with van der Waals surface area (Å²) in [5.41, 5.74) is 0.223. The van der Waals surface area contributed by atoms with Crippen LogP contribution in [0, 0.1) is 0 Å². The van der Waals surface area contributed by atoms with Gasteiger partial charge in [-0.05, 0) is 52.9 Å². The molecule has 1 aliphatic rings. The van der Waals surface area contributed by atoms with Gasteiger partial charge in [-0.3, -0.25) is 4.18 Å². The monoisotopic (exact) mass is 709 g/mol. The van der Waals surface area contributed by atoms with Crippen molar-refractivity contribution in [3.8, 4) is 0 Å². The number of thioether (sulfide) groups is 1. The number of benzene rings is 4. The predicted molar refractivity (Wildman–Crippen MR) is 169 cm³/mol. The molecule has 0 aliphatic carbocycles. The van der Waals surface area contributed by atoms with E-state index in [2.05, 4.69) is 4.18 Å². The Morgan fingerprint density at radius 3 is 2.41 bits per heavy atom. The van der Waals surface area contributed by atoms with Crippen LogP contribution in [0.5, 0.6) is 0 Å². The van der Waals surface area contributed by atoms with Crippen LogP contribution in [0.3, 0.4) is 0 Å². The third kappa shape index (κ3) is 7.02. The molecule has 242 valence electrons. The molecule has 1 aromatic heterocycles. The largest absolute Gasteiger partial charge is 0.748 e. The van der Waals surface area contributed by atoms with E-state index in [0.717, 1.165) is 43.9 Å². The van der Waals surface area contributed by atoms with Gasteiger partial charge in [0.25, 0.3) is 5.01 Å². The van der Waals surface area contributed by atoms with Gasteiger partial charge in [0.2, 0.25) is 15.9 Å². The van der Waals surface area contributed by atoms with Crippen molar-refractivity contribution in [1.29, 1.82) is 0 Å². The lowest BCUT2D eigenvalue weighted by atomic mass is 10.0. The minimum atomic E-state index is -4.89. The van der Waals surface area contributed by atoms with E-state index in [9.17, 15) is 39.1 Å². The van der Waals surface area contributed by atoms with E-state index in [1.54, 1.807) is 11.0 Å². The quantitative estimate of drug-likeness (QED) is 0.0545. The number of aromatic nitrogens is 1. The number of hydrogen-bond acceptors (Lipinski definition) is 10. The van der Waals surface area contributed by atoms with E-state index in [4.69, 9.17) is 0 Å². The molecule has 0 unspecified atom stereocenters. The van der Waals surface area contributed by atoms with Gasteiger partial charge in [0, 0.05) is 23.6 Å². The zero-order valence-corrected chi connectivity index (χ0v) is 27.0. The molecule has 0 amide bonds. The molecule has 5 aromatic rings. The molecular formula is C30H24F3N2O7S4-. The van der Waals surface area contributed by atoms with Gasteiger partial charge in [-0.2, -0.15) is 17.7 Å². The van der Waals surface area contributed by atoms with E-state index in [1.807, 2.05) is 53.1 Å². The molecule has 1 aliphatic heterocycles. The van der Waals surface area contributed by atoms with E-state index >= 15 is 0 Å². The first-order valence-electron chi connectivity index (χ1n) is 13.9. The minimum Gasteiger partial charge on any atom is -0.748 e. The van der Waals surface area contributed by atoms with Crippen molar-refractivity contribution < 1.29 is 47.9 Å². The fraction of sp³-hybridized carbons (Fsp3) is 0.233. The molecule has 6 rings (SSSR count). The van der Waals surface area contributed by atoms with Crippen molar-refractivity contribution in [2.24, 2.45) is 0 Å². The van der Waals surface area contributed by atoms with Crippen LogP contribution in [-0.4, -0.2) is 44.8 Å². The number of rotatable bonds is 10. The van der Waals surface area contributed by atoms with Crippen LogP contribution in [0.25, 0.3) is 37.8 Å². The van der Waals surface area contributed by atoms with Crippen LogP contribution in [0.2, 0.25) is 0 Å². The molecule has 16 heteroatoms. The third-order valence-corrected chi connectivity index (χ3v) is 10.9. The van der Waals surface area contributed by atoms with Crippen LogP contribution >= 0.6 is 23.1 Å². The molecule has 0 bridgehead atoms. The fourth-order valence-corrected chi connectivity index (χ4v) is 8.65. The number of aryl methyl sites for hydroxylation is 1. The van der Waals surface area contributed by atoms with Crippen LogP contribution in [-0.2, 0) is 37.4 Å². The van der Waals surface area contributed by atoms with Crippen molar-refractivity contribution in [1.82, 2.24) is 0 Å². The molecule has 0 saturated heterocycles. The third-order valence-electron chi connectivity index (χ3n) is 7.45. The summed E-state index contributed by atoms with van der Waals surface area (Å²) in [4.78, 5) is 2.11. The summed E-state index contributed by atoms with van der Waals surface area (Å²) in [6.45, 7) is -0.134.